The van der Waals surface area contributed by atoms with Gasteiger partial charge < -0.3 is 14.2 Å². The molecule has 0 aliphatic carbocycles. The van der Waals surface area contributed by atoms with E-state index >= 15 is 0 Å². The zero-order valence-corrected chi connectivity index (χ0v) is 15.5. The highest BCUT2D eigenvalue weighted by atomic mass is 16.3. The van der Waals surface area contributed by atoms with Crippen LogP contribution in [-0.4, -0.2) is 71.4 Å². The van der Waals surface area contributed by atoms with Gasteiger partial charge in [-0.25, -0.2) is 4.98 Å². The third-order valence-corrected chi connectivity index (χ3v) is 6.47. The summed E-state index contributed by atoms with van der Waals surface area (Å²) in [6.45, 7) is 8.09. The van der Waals surface area contributed by atoms with Crippen LogP contribution in [0, 0.1) is 12.3 Å². The van der Waals surface area contributed by atoms with E-state index in [9.17, 15) is 4.79 Å². The second kappa shape index (κ2) is 6.72. The van der Waals surface area contributed by atoms with Crippen LogP contribution in [0.2, 0.25) is 0 Å². The first-order valence-corrected chi connectivity index (χ1v) is 9.64. The number of carbonyl (C=O) groups excluding carboxylic acids is 1. The molecule has 3 aliphatic rings. The average Bonchev–Trinajstić information content (AvgIpc) is 3.21. The van der Waals surface area contributed by atoms with E-state index in [1.165, 1.54) is 12.8 Å². The van der Waals surface area contributed by atoms with Gasteiger partial charge in [-0.05, 0) is 57.8 Å². The van der Waals surface area contributed by atoms with Gasteiger partial charge in [-0.2, -0.15) is 0 Å². The monoisotopic (exact) mass is 346 g/mol. The van der Waals surface area contributed by atoms with Crippen LogP contribution in [0.3, 0.4) is 0 Å². The number of amides is 1. The Morgan fingerprint density at radius 1 is 1.28 bits per heavy atom. The van der Waals surface area contributed by atoms with Crippen LogP contribution < -0.4 is 0 Å². The minimum atomic E-state index is 0.339. The number of hydrogen-bond acceptors (Lipinski definition) is 5. The first-order chi connectivity index (χ1) is 12.0. The van der Waals surface area contributed by atoms with Crippen LogP contribution >= 0.6 is 0 Å². The Labute approximate surface area is 150 Å². The molecular weight excluding hydrogens is 316 g/mol. The predicted octanol–water partition coefficient (Wildman–Crippen LogP) is 1.89. The molecule has 4 heterocycles. The number of nitrogens with zero attached hydrogens (tertiary/aromatic N) is 4. The van der Waals surface area contributed by atoms with E-state index in [1.54, 1.807) is 6.26 Å². The van der Waals surface area contributed by atoms with Gasteiger partial charge in [-0.1, -0.05) is 0 Å². The molecule has 6 heteroatoms. The number of likely N-dealkylation sites (tertiary alicyclic amines) is 3. The highest BCUT2D eigenvalue weighted by Crippen LogP contribution is 2.41. The van der Waals surface area contributed by atoms with Gasteiger partial charge in [0.15, 0.2) is 5.89 Å². The van der Waals surface area contributed by atoms with Crippen molar-refractivity contribution in [1.29, 1.82) is 0 Å². The van der Waals surface area contributed by atoms with E-state index < -0.39 is 0 Å². The molecule has 3 saturated heterocycles. The summed E-state index contributed by atoms with van der Waals surface area (Å²) in [6.07, 6.45) is 7.10. The van der Waals surface area contributed by atoms with E-state index in [2.05, 4.69) is 26.7 Å². The zero-order valence-electron chi connectivity index (χ0n) is 15.5. The van der Waals surface area contributed by atoms with Crippen LogP contribution in [0.25, 0.3) is 0 Å². The lowest BCUT2D eigenvalue weighted by molar-refractivity contribution is -0.142. The molecule has 25 heavy (non-hydrogen) atoms. The Hall–Kier alpha value is -1.40. The van der Waals surface area contributed by atoms with Crippen molar-refractivity contribution in [2.45, 2.75) is 51.6 Å². The zero-order chi connectivity index (χ0) is 17.4. The number of rotatable bonds is 3. The fourth-order valence-electron chi connectivity index (χ4n) is 4.85. The molecule has 3 fully saturated rings. The van der Waals surface area contributed by atoms with Gasteiger partial charge in [0.25, 0.3) is 0 Å². The smallest absolute Gasteiger partial charge is 0.222 e. The van der Waals surface area contributed by atoms with Gasteiger partial charge in [-0.15, -0.1) is 0 Å². The summed E-state index contributed by atoms with van der Waals surface area (Å²) in [5, 5.41) is 0. The van der Waals surface area contributed by atoms with Crippen LogP contribution in [0.1, 0.15) is 43.7 Å². The maximum Gasteiger partial charge on any atom is 0.222 e. The first-order valence-electron chi connectivity index (χ1n) is 9.64. The van der Waals surface area contributed by atoms with Crippen molar-refractivity contribution >= 4 is 5.91 Å². The molecule has 1 aromatic rings. The topological polar surface area (TPSA) is 52.8 Å². The summed E-state index contributed by atoms with van der Waals surface area (Å²) < 4.78 is 5.32. The van der Waals surface area contributed by atoms with Gasteiger partial charge in [0.2, 0.25) is 5.91 Å². The largest absolute Gasteiger partial charge is 0.449 e. The molecule has 138 valence electrons. The lowest BCUT2D eigenvalue weighted by Gasteiger charge is -2.49. The molecule has 1 spiro atoms. The molecule has 1 amide bonds. The van der Waals surface area contributed by atoms with Crippen LogP contribution in [-0.2, 0) is 11.3 Å². The average molecular weight is 346 g/mol. The molecule has 1 aromatic heterocycles. The summed E-state index contributed by atoms with van der Waals surface area (Å²) in [5.41, 5.74) is 1.37. The number of aryl methyl sites for hydroxylation is 1. The first kappa shape index (κ1) is 17.0. The van der Waals surface area contributed by atoms with Crippen molar-refractivity contribution < 1.29 is 9.21 Å². The summed E-state index contributed by atoms with van der Waals surface area (Å²) in [6, 6.07) is 0.436. The van der Waals surface area contributed by atoms with Crippen LogP contribution in [0.4, 0.5) is 0 Å². The maximum absolute atomic E-state index is 12.5. The molecule has 0 unspecified atom stereocenters. The standard InChI is InChI=1S/C19H30N4O2/c1-15-20-16(13-25-15)11-22-9-6-19(7-10-22)5-3-18(24)23(14-19)17-4-8-21(2)12-17/h13,17H,3-12,14H2,1-2H3/t17-/m1/s1. The summed E-state index contributed by atoms with van der Waals surface area (Å²) in [5.74, 6) is 1.12. The second-order valence-electron chi connectivity index (χ2n) is 8.36. The van der Waals surface area contributed by atoms with Gasteiger partial charge in [0.05, 0.1) is 5.69 Å². The van der Waals surface area contributed by atoms with Crippen molar-refractivity contribution in [2.75, 3.05) is 39.8 Å². The minimum absolute atomic E-state index is 0.339. The third kappa shape index (κ3) is 3.60. The summed E-state index contributed by atoms with van der Waals surface area (Å²) in [4.78, 5) is 24.0. The van der Waals surface area contributed by atoms with E-state index in [4.69, 9.17) is 4.42 Å². The quantitative estimate of drug-likeness (QED) is 0.837. The highest BCUT2D eigenvalue weighted by molar-refractivity contribution is 5.77. The van der Waals surface area contributed by atoms with Gasteiger partial charge in [0.1, 0.15) is 6.26 Å². The van der Waals surface area contributed by atoms with E-state index in [0.717, 1.165) is 70.1 Å². The second-order valence-corrected chi connectivity index (χ2v) is 8.36. The molecule has 0 aromatic carbocycles. The van der Waals surface area contributed by atoms with E-state index in [1.807, 2.05) is 6.92 Å². The van der Waals surface area contributed by atoms with Crippen molar-refractivity contribution in [3.63, 3.8) is 0 Å². The SMILES string of the molecule is Cc1nc(CN2CCC3(CCC(=O)N([C@@H]4CCN(C)C4)C3)CC2)co1. The van der Waals surface area contributed by atoms with Gasteiger partial charge in [0, 0.05) is 39.0 Å². The number of carbonyl (C=O) groups is 1. The van der Waals surface area contributed by atoms with Gasteiger partial charge in [-0.3, -0.25) is 9.69 Å². The molecule has 4 rings (SSSR count). The summed E-state index contributed by atoms with van der Waals surface area (Å²) >= 11 is 0. The Balaban J connectivity index is 1.35. The van der Waals surface area contributed by atoms with E-state index in [-0.39, 0.29) is 0 Å². The fourth-order valence-corrected chi connectivity index (χ4v) is 4.85. The van der Waals surface area contributed by atoms with Crippen LogP contribution in [0.15, 0.2) is 10.7 Å². The Morgan fingerprint density at radius 2 is 2.08 bits per heavy atom. The Kier molecular flexibility index (Phi) is 4.58. The number of aromatic nitrogens is 1. The number of hydrogen-bond donors (Lipinski definition) is 0. The molecule has 0 saturated carbocycles. The molecule has 0 bridgehead atoms. The molecule has 3 aliphatic heterocycles. The lowest BCUT2D eigenvalue weighted by atomic mass is 9.72. The minimum Gasteiger partial charge on any atom is -0.449 e. The molecular formula is C19H30N4O2. The Bertz CT molecular complexity index is 621. The molecule has 0 N–H and O–H groups in total. The Morgan fingerprint density at radius 3 is 2.72 bits per heavy atom. The molecule has 6 nitrogen and oxygen atoms in total. The van der Waals surface area contributed by atoms with Crippen molar-refractivity contribution in [3.05, 3.63) is 17.8 Å². The lowest BCUT2D eigenvalue weighted by Crippen LogP contribution is -2.54. The highest BCUT2D eigenvalue weighted by Gasteiger charge is 2.43. The summed E-state index contributed by atoms with van der Waals surface area (Å²) in [7, 11) is 2.16. The number of oxazole rings is 1. The number of piperidine rings is 2. The fraction of sp³-hybridized carbons (Fsp3) is 0.789. The van der Waals surface area contributed by atoms with Crippen molar-refractivity contribution in [3.8, 4) is 0 Å². The number of likely N-dealkylation sites (N-methyl/N-ethyl adjacent to an activating group) is 1. The maximum atomic E-state index is 12.5. The van der Waals surface area contributed by atoms with Crippen molar-refractivity contribution in [2.24, 2.45) is 5.41 Å². The van der Waals surface area contributed by atoms with Crippen molar-refractivity contribution in [1.82, 2.24) is 19.7 Å². The third-order valence-electron chi connectivity index (χ3n) is 6.47. The normalized spacial score (nSPS) is 28.2. The van der Waals surface area contributed by atoms with E-state index in [0.29, 0.717) is 17.4 Å². The molecule has 1 atom stereocenters. The van der Waals surface area contributed by atoms with Crippen LogP contribution in [0.5, 0.6) is 0 Å². The molecule has 0 radical (unpaired) electrons. The van der Waals surface area contributed by atoms with Gasteiger partial charge >= 0.3 is 0 Å². The predicted molar refractivity (Wildman–Crippen MR) is 95.0 cm³/mol.